The van der Waals surface area contributed by atoms with Crippen LogP contribution in [-0.2, 0) is 16.1 Å². The van der Waals surface area contributed by atoms with Gasteiger partial charge in [0.2, 0.25) is 0 Å². The number of rotatable bonds is 6. The molecule has 1 heterocycles. The molecule has 25 heavy (non-hydrogen) atoms. The number of benzene rings is 1. The van der Waals surface area contributed by atoms with Crippen molar-refractivity contribution in [2.75, 3.05) is 6.61 Å². The highest BCUT2D eigenvalue weighted by Crippen LogP contribution is 2.21. The van der Waals surface area contributed by atoms with Gasteiger partial charge in [-0.15, -0.1) is 0 Å². The molecule has 2 aromatic rings. The Hall–Kier alpha value is -3.16. The zero-order valence-electron chi connectivity index (χ0n) is 14.1. The van der Waals surface area contributed by atoms with Crippen molar-refractivity contribution in [3.05, 3.63) is 62.5 Å². The maximum atomic E-state index is 12.3. The summed E-state index contributed by atoms with van der Waals surface area (Å²) < 4.78 is 10.2. The Morgan fingerprint density at radius 2 is 1.92 bits per heavy atom. The van der Waals surface area contributed by atoms with Crippen LogP contribution in [0, 0.1) is 24.0 Å². The molecule has 2 rings (SSSR count). The number of carbonyl (C=O) groups is 2. The summed E-state index contributed by atoms with van der Waals surface area (Å²) in [6, 6.07) is 5.85. The number of carbonyl (C=O) groups excluding carboxylic acids is 2. The summed E-state index contributed by atoms with van der Waals surface area (Å²) in [7, 11) is 0. The second-order valence-corrected chi connectivity index (χ2v) is 5.35. The fourth-order valence-corrected chi connectivity index (χ4v) is 2.44. The maximum Gasteiger partial charge on any atom is 0.355 e. The quantitative estimate of drug-likeness (QED) is 0.489. The van der Waals surface area contributed by atoms with Crippen molar-refractivity contribution in [2.45, 2.75) is 27.4 Å². The van der Waals surface area contributed by atoms with E-state index < -0.39 is 16.9 Å². The number of aromatic nitrogens is 1. The van der Waals surface area contributed by atoms with Gasteiger partial charge in [0, 0.05) is 17.8 Å². The monoisotopic (exact) mass is 346 g/mol. The molecule has 8 heteroatoms. The highest BCUT2D eigenvalue weighted by Gasteiger charge is 2.23. The Bertz CT molecular complexity index is 825. The van der Waals surface area contributed by atoms with Crippen molar-refractivity contribution in [2.24, 2.45) is 0 Å². The molecule has 1 aromatic carbocycles. The molecule has 0 saturated heterocycles. The van der Waals surface area contributed by atoms with Crippen LogP contribution in [0.1, 0.15) is 44.6 Å². The molecule has 0 amide bonds. The predicted octanol–water partition coefficient (Wildman–Crippen LogP) is 3.07. The molecule has 1 N–H and O–H groups in total. The molecule has 0 spiro atoms. The number of H-pyrrole nitrogens is 1. The van der Waals surface area contributed by atoms with Crippen molar-refractivity contribution >= 4 is 17.6 Å². The SMILES string of the molecule is CCOC(=O)c1[nH]c(C)c(C(=O)OCc2cccc([N+](=O)[O-])c2)c1C. The minimum Gasteiger partial charge on any atom is -0.461 e. The molecule has 8 nitrogen and oxygen atoms in total. The number of non-ortho nitro benzene ring substituents is 1. The highest BCUT2D eigenvalue weighted by atomic mass is 16.6. The normalized spacial score (nSPS) is 10.4. The first kappa shape index (κ1) is 18.2. The van der Waals surface area contributed by atoms with Crippen LogP contribution in [0.2, 0.25) is 0 Å². The average molecular weight is 346 g/mol. The van der Waals surface area contributed by atoms with Gasteiger partial charge in [-0.3, -0.25) is 10.1 Å². The van der Waals surface area contributed by atoms with Gasteiger partial charge in [-0.05, 0) is 31.9 Å². The van der Waals surface area contributed by atoms with Crippen LogP contribution in [0.3, 0.4) is 0 Å². The molecule has 0 fully saturated rings. The van der Waals surface area contributed by atoms with E-state index in [0.717, 1.165) is 0 Å². The topological polar surface area (TPSA) is 112 Å². The van der Waals surface area contributed by atoms with Gasteiger partial charge in [0.1, 0.15) is 12.3 Å². The third-order valence-corrected chi connectivity index (χ3v) is 3.61. The van der Waals surface area contributed by atoms with E-state index in [1.807, 2.05) is 0 Å². The third kappa shape index (κ3) is 4.03. The van der Waals surface area contributed by atoms with Gasteiger partial charge in [-0.2, -0.15) is 0 Å². The van der Waals surface area contributed by atoms with E-state index in [2.05, 4.69) is 4.98 Å². The average Bonchev–Trinajstić information content (AvgIpc) is 2.88. The molecule has 0 aliphatic carbocycles. The zero-order valence-corrected chi connectivity index (χ0v) is 14.1. The van der Waals surface area contributed by atoms with Crippen molar-refractivity contribution in [3.63, 3.8) is 0 Å². The molecule has 0 bridgehead atoms. The van der Waals surface area contributed by atoms with Crippen LogP contribution in [0.15, 0.2) is 24.3 Å². The molecule has 0 aliphatic rings. The Kier molecular flexibility index (Phi) is 5.53. The predicted molar refractivity (Wildman–Crippen MR) is 88.4 cm³/mol. The Balaban J connectivity index is 2.15. The summed E-state index contributed by atoms with van der Waals surface area (Å²) in [5.74, 6) is -1.16. The van der Waals surface area contributed by atoms with Gasteiger partial charge in [-0.1, -0.05) is 12.1 Å². The van der Waals surface area contributed by atoms with E-state index in [0.29, 0.717) is 16.8 Å². The standard InChI is InChI=1S/C17H18N2O6/c1-4-24-17(21)15-10(2)14(11(3)18-15)16(20)25-9-12-6-5-7-13(8-12)19(22)23/h5-8,18H,4,9H2,1-3H3. The van der Waals surface area contributed by atoms with Crippen molar-refractivity contribution in [1.82, 2.24) is 4.98 Å². The Morgan fingerprint density at radius 1 is 1.20 bits per heavy atom. The molecule has 132 valence electrons. The Labute approximate surface area is 143 Å². The summed E-state index contributed by atoms with van der Waals surface area (Å²) in [6.45, 7) is 5.08. The summed E-state index contributed by atoms with van der Waals surface area (Å²) in [6.07, 6.45) is 0. The van der Waals surface area contributed by atoms with E-state index in [-0.39, 0.29) is 30.2 Å². The summed E-state index contributed by atoms with van der Waals surface area (Å²) in [5.41, 5.74) is 1.82. The first-order valence-electron chi connectivity index (χ1n) is 7.61. The van der Waals surface area contributed by atoms with Gasteiger partial charge in [0.15, 0.2) is 0 Å². The van der Waals surface area contributed by atoms with Gasteiger partial charge in [-0.25, -0.2) is 9.59 Å². The van der Waals surface area contributed by atoms with E-state index in [9.17, 15) is 19.7 Å². The van der Waals surface area contributed by atoms with Gasteiger partial charge in [0.05, 0.1) is 17.1 Å². The van der Waals surface area contributed by atoms with Crippen LogP contribution in [0.4, 0.5) is 5.69 Å². The lowest BCUT2D eigenvalue weighted by molar-refractivity contribution is -0.384. The number of hydrogen-bond donors (Lipinski definition) is 1. The summed E-state index contributed by atoms with van der Waals surface area (Å²) >= 11 is 0. The minimum atomic E-state index is -0.617. The van der Waals surface area contributed by atoms with Crippen LogP contribution in [-0.4, -0.2) is 28.5 Å². The van der Waals surface area contributed by atoms with E-state index in [1.54, 1.807) is 26.8 Å². The van der Waals surface area contributed by atoms with E-state index >= 15 is 0 Å². The van der Waals surface area contributed by atoms with Crippen molar-refractivity contribution in [1.29, 1.82) is 0 Å². The lowest BCUT2D eigenvalue weighted by Gasteiger charge is -2.06. The molecular formula is C17H18N2O6. The fraction of sp³-hybridized carbons (Fsp3) is 0.294. The van der Waals surface area contributed by atoms with E-state index in [4.69, 9.17) is 9.47 Å². The van der Waals surface area contributed by atoms with Gasteiger partial charge < -0.3 is 14.5 Å². The summed E-state index contributed by atoms with van der Waals surface area (Å²) in [4.78, 5) is 37.3. The van der Waals surface area contributed by atoms with Crippen molar-refractivity contribution < 1.29 is 24.0 Å². The van der Waals surface area contributed by atoms with Crippen LogP contribution >= 0.6 is 0 Å². The van der Waals surface area contributed by atoms with Crippen LogP contribution < -0.4 is 0 Å². The number of aromatic amines is 1. The first-order valence-corrected chi connectivity index (χ1v) is 7.61. The number of nitro benzene ring substituents is 1. The first-order chi connectivity index (χ1) is 11.8. The second-order valence-electron chi connectivity index (χ2n) is 5.35. The van der Waals surface area contributed by atoms with Crippen LogP contribution in [0.5, 0.6) is 0 Å². The molecular weight excluding hydrogens is 328 g/mol. The maximum absolute atomic E-state index is 12.3. The van der Waals surface area contributed by atoms with Crippen LogP contribution in [0.25, 0.3) is 0 Å². The highest BCUT2D eigenvalue weighted by molar-refractivity contribution is 5.98. The number of esters is 2. The molecule has 0 atom stereocenters. The third-order valence-electron chi connectivity index (χ3n) is 3.61. The molecule has 0 saturated carbocycles. The number of nitrogens with zero attached hydrogens (tertiary/aromatic N) is 1. The van der Waals surface area contributed by atoms with Crippen molar-refractivity contribution in [3.8, 4) is 0 Å². The largest absolute Gasteiger partial charge is 0.461 e. The molecule has 0 radical (unpaired) electrons. The lowest BCUT2D eigenvalue weighted by atomic mass is 10.1. The Morgan fingerprint density at radius 3 is 2.56 bits per heavy atom. The molecule has 1 aromatic heterocycles. The summed E-state index contributed by atoms with van der Waals surface area (Å²) in [5, 5.41) is 10.8. The lowest BCUT2D eigenvalue weighted by Crippen LogP contribution is -2.09. The number of aryl methyl sites for hydroxylation is 1. The minimum absolute atomic E-state index is 0.0767. The van der Waals surface area contributed by atoms with Gasteiger partial charge in [0.25, 0.3) is 5.69 Å². The molecule has 0 aliphatic heterocycles. The number of ether oxygens (including phenoxy) is 2. The molecule has 0 unspecified atom stereocenters. The fourth-order valence-electron chi connectivity index (χ4n) is 2.44. The van der Waals surface area contributed by atoms with E-state index in [1.165, 1.54) is 18.2 Å². The zero-order chi connectivity index (χ0) is 18.6. The smallest absolute Gasteiger partial charge is 0.355 e. The second kappa shape index (κ2) is 7.61. The number of nitrogens with one attached hydrogen (secondary N) is 1. The number of nitro groups is 1. The van der Waals surface area contributed by atoms with Gasteiger partial charge >= 0.3 is 11.9 Å². The number of hydrogen-bond acceptors (Lipinski definition) is 6.